The molecule has 3 aromatic heterocycles. The summed E-state index contributed by atoms with van der Waals surface area (Å²) < 4.78 is 14.8. The minimum Gasteiger partial charge on any atom is -0.455 e. The fourth-order valence-electron chi connectivity index (χ4n) is 8.86. The van der Waals surface area contributed by atoms with E-state index in [0.29, 0.717) is 5.92 Å². The van der Waals surface area contributed by atoms with E-state index in [9.17, 15) is 0 Å². The molecule has 0 saturated carbocycles. The van der Waals surface area contributed by atoms with Crippen LogP contribution in [0.5, 0.6) is 0 Å². The van der Waals surface area contributed by atoms with Crippen molar-refractivity contribution in [2.24, 2.45) is 5.92 Å². The average Bonchev–Trinajstić information content (AvgIpc) is 3.72. The van der Waals surface area contributed by atoms with Gasteiger partial charge in [0, 0.05) is 22.0 Å². The van der Waals surface area contributed by atoms with Crippen molar-refractivity contribution in [2.45, 2.75) is 72.4 Å². The number of hydrogen-bond acceptors (Lipinski definition) is 1. The predicted molar refractivity (Wildman–Crippen MR) is 195 cm³/mol. The van der Waals surface area contributed by atoms with Crippen molar-refractivity contribution < 1.29 is 13.6 Å². The van der Waals surface area contributed by atoms with Gasteiger partial charge in [0.25, 0.3) is 0 Å². The van der Waals surface area contributed by atoms with E-state index in [4.69, 9.17) is 4.42 Å². The zero-order valence-electron chi connectivity index (χ0n) is 28.8. The molecule has 0 saturated heterocycles. The summed E-state index contributed by atoms with van der Waals surface area (Å²) in [5, 5.41) is 3.89. The van der Waals surface area contributed by atoms with Gasteiger partial charge in [-0.1, -0.05) is 75.5 Å². The summed E-state index contributed by atoms with van der Waals surface area (Å²) in [7, 11) is -1.74. The zero-order chi connectivity index (χ0) is 32.6. The molecule has 9 rings (SSSR count). The van der Waals surface area contributed by atoms with Crippen molar-refractivity contribution in [3.8, 4) is 22.6 Å². The Balaban J connectivity index is 1.54. The number of aryl methyl sites for hydroxylation is 1. The summed E-state index contributed by atoms with van der Waals surface area (Å²) in [4.78, 5) is 0. The van der Waals surface area contributed by atoms with Crippen molar-refractivity contribution in [1.29, 1.82) is 0 Å². The number of nitrogens with zero attached hydrogens (tertiary/aromatic N) is 3. The molecule has 5 heteroatoms. The van der Waals surface area contributed by atoms with E-state index >= 15 is 0 Å². The van der Waals surface area contributed by atoms with Crippen LogP contribution in [0.25, 0.3) is 55.6 Å². The van der Waals surface area contributed by atoms with E-state index in [1.807, 2.05) is 0 Å². The highest BCUT2D eigenvalue weighted by Crippen LogP contribution is 2.55. The largest absolute Gasteiger partial charge is 0.455 e. The highest BCUT2D eigenvalue weighted by atomic mass is 28.3. The lowest BCUT2D eigenvalue weighted by molar-refractivity contribution is -0.735. The Bertz CT molecular complexity index is 2460. The van der Waals surface area contributed by atoms with E-state index in [2.05, 4.69) is 159 Å². The smallest absolute Gasteiger partial charge is 0.364 e. The molecule has 47 heavy (non-hydrogen) atoms. The van der Waals surface area contributed by atoms with Gasteiger partial charge in [-0.15, -0.1) is 4.57 Å². The second kappa shape index (κ2) is 9.54. The number of fused-ring (bicyclic) bond motifs is 16. The highest BCUT2D eigenvalue weighted by molar-refractivity contribution is 6.89. The Morgan fingerprint density at radius 1 is 0.830 bits per heavy atom. The van der Waals surface area contributed by atoms with Gasteiger partial charge in [-0.2, -0.15) is 4.57 Å². The van der Waals surface area contributed by atoms with Crippen LogP contribution in [0.1, 0.15) is 56.0 Å². The number of hydrogen-bond donors (Lipinski definition) is 0. The van der Waals surface area contributed by atoms with Crippen LogP contribution in [0.3, 0.4) is 0 Å². The van der Waals surface area contributed by atoms with E-state index in [1.54, 1.807) is 5.19 Å². The minimum atomic E-state index is -1.74. The van der Waals surface area contributed by atoms with Crippen molar-refractivity contribution >= 4 is 46.2 Å². The van der Waals surface area contributed by atoms with Crippen LogP contribution < -0.4 is 14.3 Å². The van der Waals surface area contributed by atoms with Crippen LogP contribution in [0.2, 0.25) is 19.6 Å². The molecule has 2 aliphatic rings. The lowest BCUT2D eigenvalue weighted by Gasteiger charge is -2.24. The maximum Gasteiger partial charge on any atom is 0.364 e. The Hall–Kier alpha value is -4.48. The Kier molecular flexibility index (Phi) is 5.83. The maximum atomic E-state index is 6.89. The summed E-state index contributed by atoms with van der Waals surface area (Å²) in [6, 6.07) is 32.1. The van der Waals surface area contributed by atoms with Crippen LogP contribution >= 0.6 is 0 Å². The molecule has 234 valence electrons. The Morgan fingerprint density at radius 2 is 1.57 bits per heavy atom. The lowest BCUT2D eigenvalue weighted by Crippen LogP contribution is -2.61. The summed E-state index contributed by atoms with van der Waals surface area (Å²) in [5.41, 5.74) is 13.0. The third-order valence-corrected chi connectivity index (χ3v) is 12.7. The first-order chi connectivity index (χ1) is 22.5. The van der Waals surface area contributed by atoms with Gasteiger partial charge in [-0.05, 0) is 81.1 Å². The molecular weight excluding hydrogens is 591 g/mol. The van der Waals surface area contributed by atoms with E-state index < -0.39 is 13.7 Å². The molecule has 0 amide bonds. The van der Waals surface area contributed by atoms with Crippen molar-refractivity contribution in [1.82, 2.24) is 4.57 Å². The van der Waals surface area contributed by atoms with Crippen LogP contribution in [0.4, 0.5) is 0 Å². The van der Waals surface area contributed by atoms with E-state index in [1.165, 1.54) is 66.7 Å². The second-order valence-electron chi connectivity index (χ2n) is 15.6. The number of rotatable bonds is 4. The van der Waals surface area contributed by atoms with Gasteiger partial charge in [-0.25, -0.2) is 4.57 Å². The Morgan fingerprint density at radius 3 is 2.34 bits per heavy atom. The normalized spacial score (nSPS) is 16.6. The van der Waals surface area contributed by atoms with Crippen LogP contribution in [-0.2, 0) is 12.1 Å². The fourth-order valence-corrected chi connectivity index (χ4v) is 10.5. The summed E-state index contributed by atoms with van der Waals surface area (Å²) in [6.07, 6.45) is 3.66. The molecular formula is C42H43N3OSi+2. The second-order valence-corrected chi connectivity index (χ2v) is 20.7. The van der Waals surface area contributed by atoms with E-state index in [-0.39, 0.29) is 6.04 Å². The molecule has 5 heterocycles. The minimum absolute atomic E-state index is 0.244. The SMILES string of the molecule is Cc1ccc2c(c1)-c1cc(CC(C)C)c([Si](C)(C)C)c[n+]1C21c2ccc3c(oc4ccccc43)c2-c2n1c1ccccc1[n+]2C(C)C. The molecule has 1 spiro atoms. The standard InChI is InChI=1S/C42H43N3OSi/c1-25(2)21-28-23-36-31-22-27(5)17-19-32(31)42(43(36)24-38(28)47(6,7)8)33-20-18-30-29-13-9-12-16-37(29)46-40(30)39(33)41-44(26(3)4)34-14-10-11-15-35(34)45(41)42/h9-20,22-26H,21H2,1-8H3/q+2. The molecule has 7 aromatic rings. The van der Waals surface area contributed by atoms with Crippen LogP contribution in [0.15, 0.2) is 95.5 Å². The third kappa shape index (κ3) is 3.64. The van der Waals surface area contributed by atoms with E-state index in [0.717, 1.165) is 17.6 Å². The summed E-state index contributed by atoms with van der Waals surface area (Å²) in [6.45, 7) is 19.1. The van der Waals surface area contributed by atoms with Gasteiger partial charge < -0.3 is 4.42 Å². The topological polar surface area (TPSA) is 25.8 Å². The molecule has 0 N–H and O–H groups in total. The number of para-hydroxylation sites is 3. The molecule has 0 fully saturated rings. The van der Waals surface area contributed by atoms with Gasteiger partial charge in [0.05, 0.1) is 30.8 Å². The molecule has 2 aliphatic heterocycles. The molecule has 1 unspecified atom stereocenters. The number of furan rings is 1. The monoisotopic (exact) mass is 633 g/mol. The average molecular weight is 634 g/mol. The van der Waals surface area contributed by atoms with Crippen LogP contribution in [-0.4, -0.2) is 12.6 Å². The molecule has 4 nitrogen and oxygen atoms in total. The number of pyridine rings is 1. The predicted octanol–water partition coefficient (Wildman–Crippen LogP) is 9.01. The first kappa shape index (κ1) is 28.7. The Labute approximate surface area is 277 Å². The highest BCUT2D eigenvalue weighted by Gasteiger charge is 2.67. The van der Waals surface area contributed by atoms with Crippen molar-refractivity contribution in [3.63, 3.8) is 0 Å². The summed E-state index contributed by atoms with van der Waals surface area (Å²) in [5.74, 6) is 1.80. The molecule has 0 aliphatic carbocycles. The number of benzene rings is 4. The van der Waals surface area contributed by atoms with Gasteiger partial charge in [0.15, 0.2) is 22.8 Å². The first-order valence-corrected chi connectivity index (χ1v) is 20.7. The van der Waals surface area contributed by atoms with Gasteiger partial charge in [-0.3, -0.25) is 0 Å². The maximum absolute atomic E-state index is 6.89. The number of aromatic nitrogens is 3. The zero-order valence-corrected chi connectivity index (χ0v) is 29.8. The van der Waals surface area contributed by atoms with Crippen molar-refractivity contribution in [3.05, 3.63) is 113 Å². The molecule has 1 atom stereocenters. The number of imidazole rings is 1. The van der Waals surface area contributed by atoms with Crippen LogP contribution in [0, 0.1) is 12.8 Å². The van der Waals surface area contributed by atoms with Gasteiger partial charge in [0.2, 0.25) is 5.69 Å². The van der Waals surface area contributed by atoms with Gasteiger partial charge in [0.1, 0.15) is 11.1 Å². The van der Waals surface area contributed by atoms with Crippen molar-refractivity contribution in [2.75, 3.05) is 0 Å². The quantitative estimate of drug-likeness (QED) is 0.140. The summed E-state index contributed by atoms with van der Waals surface area (Å²) >= 11 is 0. The fraction of sp³-hybridized carbons (Fsp3) is 0.286. The lowest BCUT2D eigenvalue weighted by atomic mass is 9.88. The first-order valence-electron chi connectivity index (χ1n) is 17.2. The molecule has 4 aromatic carbocycles. The molecule has 0 radical (unpaired) electrons. The third-order valence-electron chi connectivity index (χ3n) is 10.6. The van der Waals surface area contributed by atoms with Gasteiger partial charge >= 0.3 is 11.5 Å². The molecule has 0 bridgehead atoms.